The Morgan fingerprint density at radius 2 is 1.82 bits per heavy atom. The van der Waals surface area contributed by atoms with Gasteiger partial charge in [-0.25, -0.2) is 14.2 Å². The van der Waals surface area contributed by atoms with Crippen LogP contribution in [0.1, 0.15) is 64.7 Å². The lowest BCUT2D eigenvalue weighted by Crippen LogP contribution is -2.46. The van der Waals surface area contributed by atoms with E-state index in [0.717, 1.165) is 29.8 Å². The van der Waals surface area contributed by atoms with Crippen LogP contribution in [-0.2, 0) is 23.7 Å². The van der Waals surface area contributed by atoms with Gasteiger partial charge in [-0.15, -0.1) is 0 Å². The van der Waals surface area contributed by atoms with E-state index in [-0.39, 0.29) is 18.0 Å². The van der Waals surface area contributed by atoms with Crippen molar-refractivity contribution < 1.29 is 38.3 Å². The normalized spacial score (nSPS) is 16.1. The molecule has 10 nitrogen and oxygen atoms in total. The number of hydrogen-bond acceptors (Lipinski definition) is 9. The molecule has 0 spiro atoms. The predicted octanol–water partition coefficient (Wildman–Crippen LogP) is 7.23. The molecule has 2 N–H and O–H groups in total. The van der Waals surface area contributed by atoms with E-state index >= 15 is 0 Å². The van der Waals surface area contributed by atoms with Crippen molar-refractivity contribution in [1.29, 1.82) is 0 Å². The van der Waals surface area contributed by atoms with Crippen molar-refractivity contribution in [1.82, 2.24) is 9.38 Å². The first-order valence-electron chi connectivity index (χ1n) is 16.8. The number of benzene rings is 2. The van der Waals surface area contributed by atoms with E-state index in [0.29, 0.717) is 57.9 Å². The van der Waals surface area contributed by atoms with Crippen molar-refractivity contribution in [2.45, 2.75) is 77.8 Å². The van der Waals surface area contributed by atoms with Crippen LogP contribution >= 0.6 is 22.6 Å². The molecule has 0 saturated carbocycles. The number of imidazole rings is 1. The van der Waals surface area contributed by atoms with Crippen LogP contribution in [0.4, 0.5) is 10.2 Å². The van der Waals surface area contributed by atoms with E-state index in [2.05, 4.69) is 11.8 Å². The quantitative estimate of drug-likeness (QED) is 0.0871. The number of aromatic hydroxyl groups is 1. The Bertz CT molecular complexity index is 1830. The average Bonchev–Trinajstić information content (AvgIpc) is 3.48. The van der Waals surface area contributed by atoms with Gasteiger partial charge in [0.05, 0.1) is 53.5 Å². The summed E-state index contributed by atoms with van der Waals surface area (Å²) in [6.07, 6.45) is 1.87. The maximum Gasteiger partial charge on any atom is 0.339 e. The lowest BCUT2D eigenvalue weighted by atomic mass is 9.92. The fraction of sp³-hybridized carbons (Fsp3) is 0.474. The molecule has 270 valence electrons. The number of esters is 1. The van der Waals surface area contributed by atoms with Crippen molar-refractivity contribution in [2.24, 2.45) is 0 Å². The third-order valence-corrected chi connectivity index (χ3v) is 9.61. The number of phenols is 1. The standard InChI is InChI=1S/C38H47FIN3O7/c1-23-17-32-41-30(26-10-8-9-25(18-26)27-19-28(39)29(40)20-31(27)45)21-43(32)35(33(23)34(36(46)47-7)50-37(3,4)5)42-13-11-38(6,12-14-42)49-16-15-48-22-24(2)44/h8-10,17-21,24,34,44-45H,11-16,22H2,1-7H3/t24-,34+/m1/s1. The number of piperidine rings is 1. The number of carbonyl (C=O) groups is 1. The number of pyridine rings is 1. The highest BCUT2D eigenvalue weighted by Gasteiger charge is 2.37. The first-order valence-corrected chi connectivity index (χ1v) is 17.9. The van der Waals surface area contributed by atoms with Gasteiger partial charge in [0, 0.05) is 36.0 Å². The van der Waals surface area contributed by atoms with E-state index < -0.39 is 29.6 Å². The molecule has 4 aromatic rings. The van der Waals surface area contributed by atoms with E-state index in [1.165, 1.54) is 19.2 Å². The van der Waals surface area contributed by atoms with Gasteiger partial charge in [0.15, 0.2) is 6.10 Å². The number of halogens is 2. The third-order valence-electron chi connectivity index (χ3n) is 8.79. The summed E-state index contributed by atoms with van der Waals surface area (Å²) in [5.74, 6) is -0.126. The van der Waals surface area contributed by atoms with Crippen LogP contribution in [0, 0.1) is 16.3 Å². The minimum Gasteiger partial charge on any atom is -0.507 e. The van der Waals surface area contributed by atoms with Gasteiger partial charge in [-0.05, 0) is 112 Å². The number of ether oxygens (including phenoxy) is 4. The second kappa shape index (κ2) is 15.5. The van der Waals surface area contributed by atoms with Crippen LogP contribution in [-0.4, -0.2) is 82.9 Å². The van der Waals surface area contributed by atoms with E-state index in [1.54, 1.807) is 6.92 Å². The van der Waals surface area contributed by atoms with Crippen molar-refractivity contribution in [3.05, 3.63) is 69.2 Å². The fourth-order valence-electron chi connectivity index (χ4n) is 6.27. The zero-order valence-electron chi connectivity index (χ0n) is 29.8. The number of rotatable bonds is 12. The number of aliphatic hydroxyl groups is 1. The van der Waals surface area contributed by atoms with E-state index in [4.69, 9.17) is 23.9 Å². The number of aliphatic hydroxyl groups excluding tert-OH is 1. The molecule has 0 unspecified atom stereocenters. The van der Waals surface area contributed by atoms with Crippen molar-refractivity contribution in [3.63, 3.8) is 0 Å². The Labute approximate surface area is 306 Å². The first kappa shape index (κ1) is 37.9. The molecule has 5 rings (SSSR count). The van der Waals surface area contributed by atoms with Crippen LogP contribution in [0.25, 0.3) is 28.0 Å². The molecule has 2 aromatic heterocycles. The summed E-state index contributed by atoms with van der Waals surface area (Å²) in [4.78, 5) is 20.7. The molecule has 1 aliphatic rings. The molecule has 0 aliphatic carbocycles. The summed E-state index contributed by atoms with van der Waals surface area (Å²) in [5, 5.41) is 20.1. The monoisotopic (exact) mass is 803 g/mol. The second-order valence-corrected chi connectivity index (χ2v) is 15.3. The molecule has 2 atom stereocenters. The summed E-state index contributed by atoms with van der Waals surface area (Å²) in [6.45, 7) is 13.8. The Morgan fingerprint density at radius 1 is 1.12 bits per heavy atom. The van der Waals surface area contributed by atoms with Crippen LogP contribution in [0.15, 0.2) is 48.7 Å². The molecular formula is C38H47FIN3O7. The Balaban J connectivity index is 1.56. The van der Waals surface area contributed by atoms with Gasteiger partial charge in [0.1, 0.15) is 23.0 Å². The topological polar surface area (TPSA) is 115 Å². The SMILES string of the molecule is COC(=O)[C@@H](OC(C)(C)C)c1c(C)cc2nc(-c3cccc(-c4cc(F)c(I)cc4O)c3)cn2c1N1CCC(C)(OCCOC[C@@H](C)O)CC1. The van der Waals surface area contributed by atoms with Crippen LogP contribution in [0.2, 0.25) is 0 Å². The highest BCUT2D eigenvalue weighted by molar-refractivity contribution is 14.1. The molecule has 0 amide bonds. The molecule has 50 heavy (non-hydrogen) atoms. The smallest absolute Gasteiger partial charge is 0.339 e. The van der Waals surface area contributed by atoms with Crippen molar-refractivity contribution in [2.75, 3.05) is 44.9 Å². The molecule has 2 aromatic carbocycles. The molecule has 1 saturated heterocycles. The number of anilines is 1. The summed E-state index contributed by atoms with van der Waals surface area (Å²) in [7, 11) is 1.36. The molecule has 0 radical (unpaired) electrons. The number of nitrogens with zero attached hydrogens (tertiary/aromatic N) is 3. The van der Waals surface area contributed by atoms with Gasteiger partial charge in [0.2, 0.25) is 0 Å². The minimum atomic E-state index is -0.997. The number of aromatic nitrogens is 2. The lowest BCUT2D eigenvalue weighted by molar-refractivity contribution is -0.164. The summed E-state index contributed by atoms with van der Waals surface area (Å²) in [6, 6.07) is 12.2. The number of fused-ring (bicyclic) bond motifs is 1. The van der Waals surface area contributed by atoms with Crippen LogP contribution in [0.5, 0.6) is 5.75 Å². The van der Waals surface area contributed by atoms with Gasteiger partial charge < -0.3 is 34.1 Å². The zero-order chi connectivity index (χ0) is 36.4. The van der Waals surface area contributed by atoms with Gasteiger partial charge >= 0.3 is 5.97 Å². The van der Waals surface area contributed by atoms with Crippen LogP contribution in [0.3, 0.4) is 0 Å². The third kappa shape index (κ3) is 8.76. The van der Waals surface area contributed by atoms with Gasteiger partial charge in [0.25, 0.3) is 0 Å². The largest absolute Gasteiger partial charge is 0.507 e. The Hall–Kier alpha value is -3.30. The maximum atomic E-state index is 14.5. The molecule has 1 aliphatic heterocycles. The van der Waals surface area contributed by atoms with E-state index in [9.17, 15) is 19.4 Å². The van der Waals surface area contributed by atoms with Gasteiger partial charge in [-0.3, -0.25) is 4.40 Å². The first-order chi connectivity index (χ1) is 23.6. The lowest BCUT2D eigenvalue weighted by Gasteiger charge is -2.41. The van der Waals surface area contributed by atoms with Gasteiger partial charge in [-0.1, -0.05) is 18.2 Å². The predicted molar refractivity (Wildman–Crippen MR) is 199 cm³/mol. The molecule has 0 bridgehead atoms. The number of phenolic OH excluding ortho intramolecular Hbond substituents is 1. The summed E-state index contributed by atoms with van der Waals surface area (Å²) < 4.78 is 40.3. The molecule has 12 heteroatoms. The number of hydrogen-bond donors (Lipinski definition) is 2. The molecule has 3 heterocycles. The van der Waals surface area contributed by atoms with Crippen molar-refractivity contribution >= 4 is 40.0 Å². The molecule has 1 fully saturated rings. The Kier molecular flexibility index (Phi) is 11.8. The highest BCUT2D eigenvalue weighted by atomic mass is 127. The highest BCUT2D eigenvalue weighted by Crippen LogP contribution is 2.40. The number of methoxy groups -OCH3 is 1. The summed E-state index contributed by atoms with van der Waals surface area (Å²) >= 11 is 1.86. The minimum absolute atomic E-state index is 0.00781. The van der Waals surface area contributed by atoms with E-state index in [1.807, 2.05) is 91.2 Å². The van der Waals surface area contributed by atoms with Gasteiger partial charge in [-0.2, -0.15) is 0 Å². The zero-order valence-corrected chi connectivity index (χ0v) is 31.9. The Morgan fingerprint density at radius 3 is 2.48 bits per heavy atom. The molecular weight excluding hydrogens is 756 g/mol. The second-order valence-electron chi connectivity index (χ2n) is 14.1. The fourth-order valence-corrected chi connectivity index (χ4v) is 6.72. The number of aryl methyl sites for hydroxylation is 1. The number of carbonyl (C=O) groups excluding carboxylic acids is 1. The summed E-state index contributed by atoms with van der Waals surface area (Å²) in [5.41, 5.74) is 3.68. The van der Waals surface area contributed by atoms with Crippen molar-refractivity contribution in [3.8, 4) is 28.1 Å². The maximum absolute atomic E-state index is 14.5. The van der Waals surface area contributed by atoms with Crippen LogP contribution < -0.4 is 4.90 Å². The average molecular weight is 804 g/mol.